The summed E-state index contributed by atoms with van der Waals surface area (Å²) in [5, 5.41) is 12.3. The lowest BCUT2D eigenvalue weighted by atomic mass is 10.2. The third kappa shape index (κ3) is 5.95. The van der Waals surface area contributed by atoms with Gasteiger partial charge in [0.05, 0.1) is 33.9 Å². The molecule has 0 radical (unpaired) electrons. The number of carbonyl (C=O) groups is 1. The molecular weight excluding hydrogens is 361 g/mol. The Balaban J connectivity index is 1.76. The molecule has 0 heterocycles. The topological polar surface area (TPSA) is 65.4 Å². The molecule has 0 saturated carbocycles. The average molecular weight is 378 g/mol. The van der Waals surface area contributed by atoms with Crippen LogP contribution in [0.3, 0.4) is 0 Å². The number of anilines is 1. The summed E-state index contributed by atoms with van der Waals surface area (Å²) < 4.78 is 5.59. The highest BCUT2D eigenvalue weighted by molar-refractivity contribution is 6.39. The van der Waals surface area contributed by atoms with E-state index in [0.29, 0.717) is 40.2 Å². The van der Waals surface area contributed by atoms with Crippen molar-refractivity contribution in [2.24, 2.45) is 0 Å². The van der Waals surface area contributed by atoms with Gasteiger partial charge in [0, 0.05) is 6.54 Å². The van der Waals surface area contributed by atoms with Gasteiger partial charge in [0.25, 0.3) is 0 Å². The number of hydrogen-bond donors (Lipinski definition) is 1. The van der Waals surface area contributed by atoms with Crippen LogP contribution >= 0.6 is 23.2 Å². The van der Waals surface area contributed by atoms with Crippen LogP contribution in [0.25, 0.3) is 0 Å². The van der Waals surface area contributed by atoms with Crippen molar-refractivity contribution in [2.45, 2.75) is 0 Å². The van der Waals surface area contributed by atoms with Crippen molar-refractivity contribution in [3.63, 3.8) is 0 Å². The Morgan fingerprint density at radius 2 is 1.84 bits per heavy atom. The summed E-state index contributed by atoms with van der Waals surface area (Å²) in [6.45, 7) is 1.16. The van der Waals surface area contributed by atoms with Crippen LogP contribution in [-0.2, 0) is 4.79 Å². The fourth-order valence-corrected chi connectivity index (χ4v) is 2.56. The van der Waals surface area contributed by atoms with E-state index < -0.39 is 0 Å². The highest BCUT2D eigenvalue weighted by Gasteiger charge is 2.11. The number of para-hydroxylation sites is 1. The first-order valence-electron chi connectivity index (χ1n) is 7.55. The van der Waals surface area contributed by atoms with Gasteiger partial charge in [-0.3, -0.25) is 9.69 Å². The molecule has 7 heteroatoms. The summed E-state index contributed by atoms with van der Waals surface area (Å²) in [7, 11) is 1.82. The number of rotatable bonds is 7. The fraction of sp³-hybridized carbons (Fsp3) is 0.222. The van der Waals surface area contributed by atoms with E-state index in [9.17, 15) is 4.79 Å². The Bertz CT molecular complexity index is 753. The fourth-order valence-electron chi connectivity index (χ4n) is 2.07. The highest BCUT2D eigenvalue weighted by atomic mass is 35.5. The predicted molar refractivity (Wildman–Crippen MR) is 99.2 cm³/mol. The highest BCUT2D eigenvalue weighted by Crippen LogP contribution is 2.29. The molecule has 0 aromatic heterocycles. The summed E-state index contributed by atoms with van der Waals surface area (Å²) in [6.07, 6.45) is 0. The maximum Gasteiger partial charge on any atom is 0.238 e. The van der Waals surface area contributed by atoms with Gasteiger partial charge < -0.3 is 10.1 Å². The van der Waals surface area contributed by atoms with Crippen LogP contribution in [0.4, 0.5) is 5.69 Å². The first-order chi connectivity index (χ1) is 12.0. The number of hydrogen-bond acceptors (Lipinski definition) is 4. The molecule has 25 heavy (non-hydrogen) atoms. The molecular formula is C18H17Cl2N3O2. The molecule has 2 aromatic rings. The van der Waals surface area contributed by atoms with E-state index >= 15 is 0 Å². The van der Waals surface area contributed by atoms with Crippen LogP contribution < -0.4 is 10.1 Å². The van der Waals surface area contributed by atoms with Gasteiger partial charge in [0.1, 0.15) is 12.4 Å². The molecule has 0 saturated heterocycles. The summed E-state index contributed by atoms with van der Waals surface area (Å²) in [5.74, 6) is 0.468. The van der Waals surface area contributed by atoms with Crippen LogP contribution in [0.5, 0.6) is 5.75 Å². The van der Waals surface area contributed by atoms with Gasteiger partial charge in [0.15, 0.2) is 0 Å². The number of nitriles is 1. The van der Waals surface area contributed by atoms with E-state index in [2.05, 4.69) is 11.4 Å². The summed E-state index contributed by atoms with van der Waals surface area (Å²) in [6, 6.07) is 14.0. The maximum atomic E-state index is 12.1. The molecule has 1 amide bonds. The summed E-state index contributed by atoms with van der Waals surface area (Å²) in [5.41, 5.74) is 0.998. The number of carbonyl (C=O) groups excluding carboxylic acids is 1. The van der Waals surface area contributed by atoms with Crippen LogP contribution in [0.2, 0.25) is 10.0 Å². The number of nitrogens with one attached hydrogen (secondary N) is 1. The van der Waals surface area contributed by atoms with E-state index in [4.69, 9.17) is 33.2 Å². The van der Waals surface area contributed by atoms with Gasteiger partial charge in [0.2, 0.25) is 5.91 Å². The lowest BCUT2D eigenvalue weighted by molar-refractivity contribution is -0.117. The van der Waals surface area contributed by atoms with Crippen molar-refractivity contribution in [2.75, 3.05) is 32.1 Å². The lowest BCUT2D eigenvalue weighted by Crippen LogP contribution is -2.33. The third-order valence-corrected chi connectivity index (χ3v) is 4.00. The van der Waals surface area contributed by atoms with Gasteiger partial charge in [-0.05, 0) is 43.4 Å². The molecule has 2 rings (SSSR count). The Morgan fingerprint density at radius 1 is 1.20 bits per heavy atom. The molecule has 1 N–H and O–H groups in total. The molecule has 0 fully saturated rings. The molecule has 0 aliphatic rings. The van der Waals surface area contributed by atoms with Gasteiger partial charge in [-0.1, -0.05) is 29.3 Å². The van der Waals surface area contributed by atoms with Gasteiger partial charge >= 0.3 is 0 Å². The van der Waals surface area contributed by atoms with Crippen molar-refractivity contribution in [1.29, 1.82) is 5.26 Å². The van der Waals surface area contributed by atoms with Crippen LogP contribution in [0.1, 0.15) is 5.56 Å². The number of amides is 1. The second-order valence-electron chi connectivity index (χ2n) is 5.37. The number of benzene rings is 2. The van der Waals surface area contributed by atoms with E-state index in [-0.39, 0.29) is 12.5 Å². The Hall–Kier alpha value is -2.26. The van der Waals surface area contributed by atoms with Crippen LogP contribution in [0.15, 0.2) is 42.5 Å². The molecule has 130 valence electrons. The van der Waals surface area contributed by atoms with E-state index in [1.54, 1.807) is 42.5 Å². The molecule has 0 unspecified atom stereocenters. The van der Waals surface area contributed by atoms with Gasteiger partial charge in [-0.25, -0.2) is 0 Å². The van der Waals surface area contributed by atoms with Crippen molar-refractivity contribution >= 4 is 34.8 Å². The minimum absolute atomic E-state index is 0.179. The SMILES string of the molecule is CN(CCOc1ccc(C#N)cc1)CC(=O)Nc1c(Cl)cccc1Cl. The molecule has 0 atom stereocenters. The van der Waals surface area contributed by atoms with Crippen molar-refractivity contribution in [1.82, 2.24) is 4.90 Å². The molecule has 5 nitrogen and oxygen atoms in total. The molecule has 0 aliphatic carbocycles. The Morgan fingerprint density at radius 3 is 2.44 bits per heavy atom. The number of nitrogens with zero attached hydrogens (tertiary/aromatic N) is 2. The smallest absolute Gasteiger partial charge is 0.238 e. The van der Waals surface area contributed by atoms with Crippen molar-refractivity contribution in [3.8, 4) is 11.8 Å². The van der Waals surface area contributed by atoms with E-state index in [1.807, 2.05) is 11.9 Å². The predicted octanol–water partition coefficient (Wildman–Crippen LogP) is 3.81. The second-order valence-corrected chi connectivity index (χ2v) is 6.18. The maximum absolute atomic E-state index is 12.1. The zero-order valence-electron chi connectivity index (χ0n) is 13.6. The first kappa shape index (κ1) is 19.1. The van der Waals surface area contributed by atoms with Crippen molar-refractivity contribution < 1.29 is 9.53 Å². The number of halogens is 2. The zero-order chi connectivity index (χ0) is 18.2. The molecule has 0 aliphatic heterocycles. The zero-order valence-corrected chi connectivity index (χ0v) is 15.1. The summed E-state index contributed by atoms with van der Waals surface area (Å²) >= 11 is 12.1. The minimum atomic E-state index is -0.212. The van der Waals surface area contributed by atoms with Crippen LogP contribution in [0, 0.1) is 11.3 Å². The monoisotopic (exact) mass is 377 g/mol. The molecule has 2 aromatic carbocycles. The normalized spacial score (nSPS) is 10.4. The van der Waals surface area contributed by atoms with Crippen LogP contribution in [-0.4, -0.2) is 37.6 Å². The van der Waals surface area contributed by atoms with Crippen molar-refractivity contribution in [3.05, 3.63) is 58.1 Å². The number of likely N-dealkylation sites (N-methyl/N-ethyl adjacent to an activating group) is 1. The largest absolute Gasteiger partial charge is 0.492 e. The van der Waals surface area contributed by atoms with Gasteiger partial charge in [-0.2, -0.15) is 5.26 Å². The lowest BCUT2D eigenvalue weighted by Gasteiger charge is -2.17. The average Bonchev–Trinajstić information content (AvgIpc) is 2.59. The third-order valence-electron chi connectivity index (χ3n) is 3.37. The quantitative estimate of drug-likeness (QED) is 0.796. The van der Waals surface area contributed by atoms with E-state index in [0.717, 1.165) is 0 Å². The Labute approximate surface area is 156 Å². The van der Waals surface area contributed by atoms with Gasteiger partial charge in [-0.15, -0.1) is 0 Å². The summed E-state index contributed by atoms with van der Waals surface area (Å²) in [4.78, 5) is 13.9. The van der Waals surface area contributed by atoms with E-state index in [1.165, 1.54) is 0 Å². The minimum Gasteiger partial charge on any atom is -0.492 e. The Kier molecular flexibility index (Phi) is 7.08. The molecule has 0 bridgehead atoms. The standard InChI is InChI=1S/C18H17Cl2N3O2/c1-23(9-10-25-14-7-5-13(11-21)6-8-14)12-17(24)22-18-15(19)3-2-4-16(18)20/h2-8H,9-10,12H2,1H3,(H,22,24). The second kappa shape index (κ2) is 9.28. The number of ether oxygens (including phenoxy) is 1. The first-order valence-corrected chi connectivity index (χ1v) is 8.30. The molecule has 0 spiro atoms.